The number of rotatable bonds is 6. The summed E-state index contributed by atoms with van der Waals surface area (Å²) < 4.78 is 5.65. The zero-order chi connectivity index (χ0) is 16.8. The van der Waals surface area contributed by atoms with E-state index in [0.29, 0.717) is 18.6 Å². The van der Waals surface area contributed by atoms with Gasteiger partial charge in [-0.2, -0.15) is 0 Å². The van der Waals surface area contributed by atoms with Gasteiger partial charge in [0, 0.05) is 17.3 Å². The van der Waals surface area contributed by atoms with Gasteiger partial charge in [0.25, 0.3) is 5.91 Å². The van der Waals surface area contributed by atoms with Crippen LogP contribution in [0.25, 0.3) is 0 Å². The van der Waals surface area contributed by atoms with Gasteiger partial charge in [0.1, 0.15) is 12.4 Å². The molecule has 0 aliphatic carbocycles. The van der Waals surface area contributed by atoms with Crippen LogP contribution in [0.15, 0.2) is 41.2 Å². The number of pyridine rings is 1. The second-order valence-corrected chi connectivity index (χ2v) is 5.61. The maximum atomic E-state index is 12.2. The van der Waals surface area contributed by atoms with Crippen molar-refractivity contribution in [2.24, 2.45) is 0 Å². The molecule has 23 heavy (non-hydrogen) atoms. The van der Waals surface area contributed by atoms with Gasteiger partial charge >= 0.3 is 0 Å². The second-order valence-electron chi connectivity index (χ2n) is 5.61. The minimum absolute atomic E-state index is 0.173. The minimum atomic E-state index is -0.272. The summed E-state index contributed by atoms with van der Waals surface area (Å²) in [6.45, 7) is 6.16. The number of ether oxygens (including phenoxy) is 1. The zero-order valence-electron chi connectivity index (χ0n) is 13.7. The van der Waals surface area contributed by atoms with Crippen molar-refractivity contribution >= 4 is 5.91 Å². The van der Waals surface area contributed by atoms with E-state index in [1.807, 2.05) is 45.0 Å². The van der Waals surface area contributed by atoms with E-state index >= 15 is 0 Å². The molecule has 1 aromatic carbocycles. The number of amides is 1. The Kier molecular flexibility index (Phi) is 5.57. The number of aromatic nitrogens is 1. The molecule has 5 heteroatoms. The van der Waals surface area contributed by atoms with E-state index in [2.05, 4.69) is 10.3 Å². The average Bonchev–Trinajstić information content (AvgIpc) is 2.53. The monoisotopic (exact) mass is 314 g/mol. The van der Waals surface area contributed by atoms with Crippen molar-refractivity contribution in [3.8, 4) is 5.75 Å². The van der Waals surface area contributed by atoms with Crippen LogP contribution in [0.1, 0.15) is 35.5 Å². The van der Waals surface area contributed by atoms with Gasteiger partial charge in [-0.05, 0) is 38.5 Å². The number of carbonyl (C=O) groups is 1. The molecule has 122 valence electrons. The van der Waals surface area contributed by atoms with Crippen molar-refractivity contribution in [2.45, 2.75) is 33.2 Å². The molecule has 2 aromatic rings. The Bertz CT molecular complexity index is 720. The van der Waals surface area contributed by atoms with Crippen molar-refractivity contribution in [3.05, 3.63) is 63.6 Å². The molecule has 0 spiro atoms. The second kappa shape index (κ2) is 7.63. The first-order valence-electron chi connectivity index (χ1n) is 7.71. The molecule has 5 nitrogen and oxygen atoms in total. The molecule has 0 aliphatic rings. The van der Waals surface area contributed by atoms with Crippen LogP contribution in [0.5, 0.6) is 5.75 Å². The molecule has 0 fully saturated rings. The molecular weight excluding hydrogens is 292 g/mol. The smallest absolute Gasteiger partial charge is 0.251 e. The van der Waals surface area contributed by atoms with Crippen molar-refractivity contribution in [1.82, 2.24) is 10.3 Å². The Morgan fingerprint density at radius 3 is 2.61 bits per heavy atom. The third kappa shape index (κ3) is 4.98. The van der Waals surface area contributed by atoms with E-state index < -0.39 is 0 Å². The summed E-state index contributed by atoms with van der Waals surface area (Å²) in [5.41, 5.74) is 2.01. The Hall–Kier alpha value is -2.56. The van der Waals surface area contributed by atoms with Crippen LogP contribution >= 0.6 is 0 Å². The predicted molar refractivity (Wildman–Crippen MR) is 90.0 cm³/mol. The molecule has 0 saturated carbocycles. The Morgan fingerprint density at radius 1 is 1.26 bits per heavy atom. The Labute approximate surface area is 135 Å². The van der Waals surface area contributed by atoms with E-state index in [1.54, 1.807) is 6.07 Å². The van der Waals surface area contributed by atoms with Gasteiger partial charge in [0.2, 0.25) is 5.56 Å². The van der Waals surface area contributed by atoms with Crippen molar-refractivity contribution in [1.29, 1.82) is 0 Å². The fourth-order valence-corrected chi connectivity index (χ4v) is 2.13. The minimum Gasteiger partial charge on any atom is -0.491 e. The van der Waals surface area contributed by atoms with E-state index in [4.69, 9.17) is 4.74 Å². The first kappa shape index (κ1) is 16.8. The maximum absolute atomic E-state index is 12.2. The number of aromatic amines is 1. The van der Waals surface area contributed by atoms with Crippen LogP contribution in [0.3, 0.4) is 0 Å². The molecule has 1 heterocycles. The van der Waals surface area contributed by atoms with Crippen LogP contribution in [-0.4, -0.2) is 23.5 Å². The highest BCUT2D eigenvalue weighted by atomic mass is 16.5. The Balaban J connectivity index is 1.93. The van der Waals surface area contributed by atoms with E-state index in [9.17, 15) is 9.59 Å². The summed E-state index contributed by atoms with van der Waals surface area (Å²) >= 11 is 0. The SMILES string of the molecule is CCc1cc(C(=O)NC(C)COc2ccc(C)cc2)cc(=O)[nH]1. The predicted octanol–water partition coefficient (Wildman–Crippen LogP) is 2.44. The van der Waals surface area contributed by atoms with Crippen LogP contribution in [0, 0.1) is 6.92 Å². The first-order chi connectivity index (χ1) is 11.0. The highest BCUT2D eigenvalue weighted by molar-refractivity contribution is 5.94. The average molecular weight is 314 g/mol. The third-order valence-corrected chi connectivity index (χ3v) is 3.44. The summed E-state index contributed by atoms with van der Waals surface area (Å²) in [7, 11) is 0. The van der Waals surface area contributed by atoms with Crippen LogP contribution < -0.4 is 15.6 Å². The van der Waals surface area contributed by atoms with Gasteiger partial charge in [-0.1, -0.05) is 24.6 Å². The quantitative estimate of drug-likeness (QED) is 0.860. The zero-order valence-corrected chi connectivity index (χ0v) is 13.7. The van der Waals surface area contributed by atoms with Crippen LogP contribution in [0.2, 0.25) is 0 Å². The summed E-state index contributed by atoms with van der Waals surface area (Å²) in [6.07, 6.45) is 0.669. The van der Waals surface area contributed by atoms with Gasteiger partial charge < -0.3 is 15.0 Å². The first-order valence-corrected chi connectivity index (χ1v) is 7.71. The molecule has 1 unspecified atom stereocenters. The number of nitrogens with one attached hydrogen (secondary N) is 2. The van der Waals surface area contributed by atoms with Crippen LogP contribution in [0.4, 0.5) is 0 Å². The highest BCUT2D eigenvalue weighted by Gasteiger charge is 2.12. The van der Waals surface area contributed by atoms with Gasteiger partial charge in [-0.25, -0.2) is 0 Å². The van der Waals surface area contributed by atoms with E-state index in [-0.39, 0.29) is 17.5 Å². The number of hydrogen-bond acceptors (Lipinski definition) is 3. The number of H-pyrrole nitrogens is 1. The van der Waals surface area contributed by atoms with Crippen molar-refractivity contribution in [2.75, 3.05) is 6.61 Å². The summed E-state index contributed by atoms with van der Waals surface area (Å²) in [5, 5.41) is 2.84. The fraction of sp³-hybridized carbons (Fsp3) is 0.333. The van der Waals surface area contributed by atoms with E-state index in [0.717, 1.165) is 11.4 Å². The number of hydrogen-bond donors (Lipinski definition) is 2. The summed E-state index contributed by atoms with van der Waals surface area (Å²) in [5.74, 6) is 0.493. The highest BCUT2D eigenvalue weighted by Crippen LogP contribution is 2.11. The maximum Gasteiger partial charge on any atom is 0.251 e. The van der Waals surface area contributed by atoms with Crippen molar-refractivity contribution in [3.63, 3.8) is 0 Å². The van der Waals surface area contributed by atoms with E-state index in [1.165, 1.54) is 11.6 Å². The molecule has 0 bridgehead atoms. The standard InChI is InChI=1S/C18H22N2O3/c1-4-15-9-14(10-17(21)20-15)18(22)19-13(3)11-23-16-7-5-12(2)6-8-16/h5-10,13H,4,11H2,1-3H3,(H,19,22)(H,20,21). The van der Waals surface area contributed by atoms with Crippen LogP contribution in [-0.2, 0) is 6.42 Å². The molecule has 0 radical (unpaired) electrons. The van der Waals surface area contributed by atoms with Gasteiger partial charge in [0.05, 0.1) is 6.04 Å². The van der Waals surface area contributed by atoms with Gasteiger partial charge in [0.15, 0.2) is 0 Å². The molecule has 1 aromatic heterocycles. The summed E-state index contributed by atoms with van der Waals surface area (Å²) in [6, 6.07) is 10.6. The largest absolute Gasteiger partial charge is 0.491 e. The lowest BCUT2D eigenvalue weighted by atomic mass is 10.2. The van der Waals surface area contributed by atoms with Gasteiger partial charge in [-0.3, -0.25) is 9.59 Å². The molecule has 0 aliphatic heterocycles. The molecule has 2 rings (SSSR count). The number of carbonyl (C=O) groups excluding carboxylic acids is 1. The molecule has 1 amide bonds. The van der Waals surface area contributed by atoms with Crippen molar-refractivity contribution < 1.29 is 9.53 Å². The fourth-order valence-electron chi connectivity index (χ4n) is 2.13. The lowest BCUT2D eigenvalue weighted by molar-refractivity contribution is 0.0926. The summed E-state index contributed by atoms with van der Waals surface area (Å²) in [4.78, 5) is 26.4. The van der Waals surface area contributed by atoms with Gasteiger partial charge in [-0.15, -0.1) is 0 Å². The lowest BCUT2D eigenvalue weighted by Gasteiger charge is -2.15. The molecule has 2 N–H and O–H groups in total. The Morgan fingerprint density at radius 2 is 1.96 bits per heavy atom. The normalized spacial score (nSPS) is 11.8. The molecular formula is C18H22N2O3. The lowest BCUT2D eigenvalue weighted by Crippen LogP contribution is -2.37. The topological polar surface area (TPSA) is 71.2 Å². The third-order valence-electron chi connectivity index (χ3n) is 3.44. The number of benzene rings is 1. The number of aryl methyl sites for hydroxylation is 2. The molecule has 0 saturated heterocycles. The molecule has 1 atom stereocenters.